The molecule has 1 atom stereocenters. The molecular weight excluding hydrogens is 287 g/mol. The first-order valence-electron chi connectivity index (χ1n) is 5.80. The highest BCUT2D eigenvalue weighted by Gasteiger charge is 2.15. The van der Waals surface area contributed by atoms with Crippen molar-refractivity contribution in [1.29, 1.82) is 0 Å². The Labute approximate surface area is 121 Å². The topological polar surface area (TPSA) is 20.2 Å². The lowest BCUT2D eigenvalue weighted by Gasteiger charge is -2.12. The van der Waals surface area contributed by atoms with E-state index in [0.29, 0.717) is 16.5 Å². The molecule has 1 heterocycles. The van der Waals surface area contributed by atoms with Gasteiger partial charge in [0.25, 0.3) is 0 Å². The summed E-state index contributed by atoms with van der Waals surface area (Å²) in [6, 6.07) is 7.39. The molecule has 0 bridgehead atoms. The van der Waals surface area contributed by atoms with Crippen LogP contribution in [0.4, 0.5) is 0 Å². The van der Waals surface area contributed by atoms with E-state index < -0.39 is 6.10 Å². The van der Waals surface area contributed by atoms with E-state index >= 15 is 0 Å². The van der Waals surface area contributed by atoms with Gasteiger partial charge < -0.3 is 5.11 Å². The lowest BCUT2D eigenvalue weighted by Crippen LogP contribution is -2.02. The molecule has 1 aromatic heterocycles. The smallest absolute Gasteiger partial charge is 0.0925 e. The minimum absolute atomic E-state index is 0.493. The van der Waals surface area contributed by atoms with E-state index in [1.54, 1.807) is 23.5 Å². The number of aliphatic hydroxyl groups is 1. The molecule has 0 aliphatic rings. The quantitative estimate of drug-likeness (QED) is 0.852. The molecular formula is C14H14Cl2OS. The number of benzene rings is 1. The maximum Gasteiger partial charge on any atom is 0.0925 e. The summed E-state index contributed by atoms with van der Waals surface area (Å²) in [7, 11) is 0. The van der Waals surface area contributed by atoms with Gasteiger partial charge >= 0.3 is 0 Å². The summed E-state index contributed by atoms with van der Waals surface area (Å²) in [6.07, 6.45) is 0.905. The average molecular weight is 301 g/mol. The van der Waals surface area contributed by atoms with E-state index in [1.807, 2.05) is 11.4 Å². The van der Waals surface area contributed by atoms with Crippen molar-refractivity contribution in [1.82, 2.24) is 0 Å². The van der Waals surface area contributed by atoms with Crippen LogP contribution in [-0.2, 0) is 12.8 Å². The second-order valence-corrected chi connectivity index (χ2v) is 5.91. The first-order chi connectivity index (χ1) is 8.61. The zero-order valence-corrected chi connectivity index (χ0v) is 12.3. The van der Waals surface area contributed by atoms with Crippen molar-refractivity contribution in [2.45, 2.75) is 25.9 Å². The Morgan fingerprint density at radius 3 is 2.72 bits per heavy atom. The van der Waals surface area contributed by atoms with Gasteiger partial charge in [-0.1, -0.05) is 30.1 Å². The predicted octanol–water partition coefficient (Wildman–Crippen LogP) is 4.89. The molecule has 0 saturated carbocycles. The van der Waals surface area contributed by atoms with Gasteiger partial charge in [0.1, 0.15) is 0 Å². The van der Waals surface area contributed by atoms with E-state index in [4.69, 9.17) is 23.2 Å². The molecule has 1 aromatic carbocycles. The van der Waals surface area contributed by atoms with Crippen molar-refractivity contribution in [2.24, 2.45) is 0 Å². The minimum atomic E-state index is -0.518. The standard InChI is InChI=1S/C14H14Cl2OS/c1-2-9-5-6-18-14(9)13(17)8-10-7-11(15)3-4-12(10)16/h3-7,13,17H,2,8H2,1H3. The summed E-state index contributed by atoms with van der Waals surface area (Å²) in [5, 5.41) is 13.6. The third-order valence-electron chi connectivity index (χ3n) is 2.89. The Bertz CT molecular complexity index is 536. The fourth-order valence-electron chi connectivity index (χ4n) is 1.93. The molecule has 96 valence electrons. The molecule has 1 nitrogen and oxygen atoms in total. The zero-order valence-electron chi connectivity index (χ0n) is 9.99. The Morgan fingerprint density at radius 1 is 1.22 bits per heavy atom. The SMILES string of the molecule is CCc1ccsc1C(O)Cc1cc(Cl)ccc1Cl. The molecule has 0 aliphatic carbocycles. The first kappa shape index (κ1) is 13.9. The van der Waals surface area contributed by atoms with Gasteiger partial charge in [-0.2, -0.15) is 0 Å². The molecule has 18 heavy (non-hydrogen) atoms. The Morgan fingerprint density at radius 2 is 2.00 bits per heavy atom. The number of aryl methyl sites for hydroxylation is 1. The molecule has 2 rings (SSSR count). The highest BCUT2D eigenvalue weighted by atomic mass is 35.5. The summed E-state index contributed by atoms with van der Waals surface area (Å²) >= 11 is 13.6. The van der Waals surface area contributed by atoms with Gasteiger partial charge in [-0.25, -0.2) is 0 Å². The summed E-state index contributed by atoms with van der Waals surface area (Å²) < 4.78 is 0. The molecule has 1 unspecified atom stereocenters. The molecule has 0 amide bonds. The van der Waals surface area contributed by atoms with Crippen LogP contribution in [0.25, 0.3) is 0 Å². The van der Waals surface area contributed by atoms with E-state index in [-0.39, 0.29) is 0 Å². The maximum atomic E-state index is 10.3. The third-order valence-corrected chi connectivity index (χ3v) is 4.55. The van der Waals surface area contributed by atoms with Crippen molar-refractivity contribution in [3.8, 4) is 0 Å². The number of hydrogen-bond acceptors (Lipinski definition) is 2. The highest BCUT2D eigenvalue weighted by molar-refractivity contribution is 7.10. The Balaban J connectivity index is 2.21. The van der Waals surface area contributed by atoms with Crippen LogP contribution in [0.3, 0.4) is 0 Å². The van der Waals surface area contributed by atoms with Gasteiger partial charge in [0.2, 0.25) is 0 Å². The predicted molar refractivity (Wildman–Crippen MR) is 78.8 cm³/mol. The van der Waals surface area contributed by atoms with E-state index in [0.717, 1.165) is 16.9 Å². The lowest BCUT2D eigenvalue weighted by atomic mass is 10.0. The number of rotatable bonds is 4. The van der Waals surface area contributed by atoms with Crippen LogP contribution in [0.1, 0.15) is 29.0 Å². The second kappa shape index (κ2) is 6.07. The van der Waals surface area contributed by atoms with Crippen molar-refractivity contribution < 1.29 is 5.11 Å². The monoisotopic (exact) mass is 300 g/mol. The number of aliphatic hydroxyl groups excluding tert-OH is 1. The largest absolute Gasteiger partial charge is 0.387 e. The normalized spacial score (nSPS) is 12.7. The lowest BCUT2D eigenvalue weighted by molar-refractivity contribution is 0.181. The Kier molecular flexibility index (Phi) is 4.68. The van der Waals surface area contributed by atoms with E-state index in [1.165, 1.54) is 5.56 Å². The van der Waals surface area contributed by atoms with Crippen molar-refractivity contribution >= 4 is 34.5 Å². The van der Waals surface area contributed by atoms with Crippen LogP contribution < -0.4 is 0 Å². The van der Waals surface area contributed by atoms with E-state index in [9.17, 15) is 5.11 Å². The number of hydrogen-bond donors (Lipinski definition) is 1. The van der Waals surface area contributed by atoms with Gasteiger partial charge in [-0.15, -0.1) is 11.3 Å². The van der Waals surface area contributed by atoms with Gasteiger partial charge in [0.15, 0.2) is 0 Å². The van der Waals surface area contributed by atoms with E-state index in [2.05, 4.69) is 13.0 Å². The summed E-state index contributed by atoms with van der Waals surface area (Å²) in [5.41, 5.74) is 2.08. The molecule has 2 aromatic rings. The number of halogens is 2. The first-order valence-corrected chi connectivity index (χ1v) is 7.43. The summed E-state index contributed by atoms with van der Waals surface area (Å²) in [6.45, 7) is 2.09. The summed E-state index contributed by atoms with van der Waals surface area (Å²) in [4.78, 5) is 1.02. The molecule has 0 radical (unpaired) electrons. The second-order valence-electron chi connectivity index (χ2n) is 4.12. The minimum Gasteiger partial charge on any atom is -0.387 e. The molecule has 0 fully saturated rings. The third kappa shape index (κ3) is 3.07. The Hall–Kier alpha value is -0.540. The van der Waals surface area contributed by atoms with Gasteiger partial charge in [-0.05, 0) is 47.2 Å². The molecule has 0 aliphatic heterocycles. The van der Waals surface area contributed by atoms with Crippen molar-refractivity contribution in [3.63, 3.8) is 0 Å². The fourth-order valence-corrected chi connectivity index (χ4v) is 3.31. The molecule has 4 heteroatoms. The van der Waals surface area contributed by atoms with Crippen molar-refractivity contribution in [2.75, 3.05) is 0 Å². The molecule has 0 spiro atoms. The van der Waals surface area contributed by atoms with Crippen LogP contribution in [0, 0.1) is 0 Å². The van der Waals surface area contributed by atoms with Crippen molar-refractivity contribution in [3.05, 3.63) is 55.7 Å². The fraction of sp³-hybridized carbons (Fsp3) is 0.286. The highest BCUT2D eigenvalue weighted by Crippen LogP contribution is 2.30. The average Bonchev–Trinajstić information content (AvgIpc) is 2.82. The maximum absolute atomic E-state index is 10.3. The van der Waals surface area contributed by atoms with Crippen LogP contribution >= 0.6 is 34.5 Å². The van der Waals surface area contributed by atoms with Crippen LogP contribution in [0.5, 0.6) is 0 Å². The van der Waals surface area contributed by atoms with Crippen LogP contribution in [0.2, 0.25) is 10.0 Å². The zero-order chi connectivity index (χ0) is 13.1. The number of thiophene rings is 1. The summed E-state index contributed by atoms with van der Waals surface area (Å²) in [5.74, 6) is 0. The van der Waals surface area contributed by atoms with Gasteiger partial charge in [0, 0.05) is 21.3 Å². The van der Waals surface area contributed by atoms with Gasteiger partial charge in [0.05, 0.1) is 6.10 Å². The van der Waals surface area contributed by atoms with Crippen LogP contribution in [-0.4, -0.2) is 5.11 Å². The molecule has 0 saturated heterocycles. The van der Waals surface area contributed by atoms with Crippen LogP contribution in [0.15, 0.2) is 29.6 Å². The van der Waals surface area contributed by atoms with Gasteiger partial charge in [-0.3, -0.25) is 0 Å². The molecule has 1 N–H and O–H groups in total.